The van der Waals surface area contributed by atoms with Gasteiger partial charge in [0.25, 0.3) is 0 Å². The first-order valence-corrected chi connectivity index (χ1v) is 8.76. The summed E-state index contributed by atoms with van der Waals surface area (Å²) >= 11 is 0. The average Bonchev–Trinajstić information content (AvgIpc) is 2.98. The maximum absolute atomic E-state index is 12.3. The van der Waals surface area contributed by atoms with Gasteiger partial charge in [0.05, 0.1) is 23.1 Å². The minimum Gasteiger partial charge on any atom is -0.392 e. The average molecular weight is 330 g/mol. The number of nitrogens with one attached hydrogen (secondary N) is 1. The number of carbonyl (C=O) groups is 1. The summed E-state index contributed by atoms with van der Waals surface area (Å²) < 4.78 is 2.21. The van der Waals surface area contributed by atoms with Crippen LogP contribution in [0, 0.1) is 5.92 Å². The minimum atomic E-state index is -0.516. The number of fused-ring (bicyclic) bond motifs is 1. The first-order valence-electron chi connectivity index (χ1n) is 8.76. The van der Waals surface area contributed by atoms with Gasteiger partial charge in [-0.05, 0) is 38.8 Å². The molecule has 2 aromatic rings. The maximum atomic E-state index is 12.3. The lowest BCUT2D eigenvalue weighted by molar-refractivity contribution is -0.125. The zero-order valence-corrected chi connectivity index (χ0v) is 14.4. The van der Waals surface area contributed by atoms with Crippen LogP contribution in [0.5, 0.6) is 0 Å². The molecule has 1 aromatic carbocycles. The molecule has 24 heavy (non-hydrogen) atoms. The second-order valence-electron chi connectivity index (χ2n) is 6.52. The highest BCUT2D eigenvalue weighted by Gasteiger charge is 2.28. The van der Waals surface area contributed by atoms with E-state index in [-0.39, 0.29) is 11.8 Å². The third-order valence-electron chi connectivity index (χ3n) is 4.60. The molecule has 0 aliphatic carbocycles. The number of aliphatic hydroxyl groups excluding tert-OH is 1. The van der Waals surface area contributed by atoms with E-state index in [4.69, 9.17) is 4.98 Å². The maximum Gasteiger partial charge on any atom is 0.224 e. The fourth-order valence-corrected chi connectivity index (χ4v) is 3.38. The molecule has 6 nitrogen and oxygen atoms in total. The summed E-state index contributed by atoms with van der Waals surface area (Å²) in [6.45, 7) is 6.55. The zero-order chi connectivity index (χ0) is 17.1. The number of hydrogen-bond acceptors (Lipinski definition) is 4. The van der Waals surface area contributed by atoms with E-state index in [0.717, 1.165) is 42.9 Å². The monoisotopic (exact) mass is 330 g/mol. The van der Waals surface area contributed by atoms with Gasteiger partial charge in [-0.2, -0.15) is 0 Å². The van der Waals surface area contributed by atoms with Crippen LogP contribution in [0.2, 0.25) is 0 Å². The highest BCUT2D eigenvalue weighted by molar-refractivity contribution is 5.81. The standard InChI is InChI=1S/C18H26N4O2/c1-3-22-16-9-5-4-8-15(16)20-18(22)21-10-6-7-14(12-21)17(24)19-11-13(2)23/h4-5,8-9,13-14,23H,3,6-7,10-12H2,1-2H3,(H,19,24)/t13-,14-/m0/s1. The molecule has 2 heterocycles. The van der Waals surface area contributed by atoms with Crippen molar-refractivity contribution in [2.45, 2.75) is 39.3 Å². The SMILES string of the molecule is CCn1c(N2CCC[C@H](C(=O)NC[C@H](C)O)C2)nc2ccccc21. The van der Waals surface area contributed by atoms with Crippen molar-refractivity contribution in [1.82, 2.24) is 14.9 Å². The van der Waals surface area contributed by atoms with E-state index in [2.05, 4.69) is 27.8 Å². The van der Waals surface area contributed by atoms with Crippen LogP contribution in [0.1, 0.15) is 26.7 Å². The molecule has 130 valence electrons. The van der Waals surface area contributed by atoms with E-state index < -0.39 is 6.10 Å². The highest BCUT2D eigenvalue weighted by Crippen LogP contribution is 2.27. The van der Waals surface area contributed by atoms with Gasteiger partial charge in [0.15, 0.2) is 0 Å². The molecule has 0 saturated carbocycles. The number of benzene rings is 1. The lowest BCUT2D eigenvalue weighted by Gasteiger charge is -2.33. The van der Waals surface area contributed by atoms with Crippen molar-refractivity contribution in [3.8, 4) is 0 Å². The largest absolute Gasteiger partial charge is 0.392 e. The molecule has 2 atom stereocenters. The van der Waals surface area contributed by atoms with Crippen LogP contribution in [0.4, 0.5) is 5.95 Å². The van der Waals surface area contributed by atoms with Gasteiger partial charge < -0.3 is 19.9 Å². The third-order valence-corrected chi connectivity index (χ3v) is 4.60. The van der Waals surface area contributed by atoms with Crippen LogP contribution in [0.15, 0.2) is 24.3 Å². The number of carbonyl (C=O) groups excluding carboxylic acids is 1. The molecule has 2 N–H and O–H groups in total. The predicted molar refractivity (Wildman–Crippen MR) is 95.0 cm³/mol. The number of para-hydroxylation sites is 2. The summed E-state index contributed by atoms with van der Waals surface area (Å²) in [5.41, 5.74) is 2.13. The normalized spacial score (nSPS) is 19.5. The Morgan fingerprint density at radius 3 is 3.00 bits per heavy atom. The number of rotatable bonds is 5. The quantitative estimate of drug-likeness (QED) is 0.876. The predicted octanol–water partition coefficient (Wildman–Crippen LogP) is 1.77. The Hall–Kier alpha value is -2.08. The zero-order valence-electron chi connectivity index (χ0n) is 14.4. The van der Waals surface area contributed by atoms with Crippen LogP contribution in [0.25, 0.3) is 11.0 Å². The molecule has 3 rings (SSSR count). The smallest absolute Gasteiger partial charge is 0.224 e. The lowest BCUT2D eigenvalue weighted by Crippen LogP contribution is -2.45. The van der Waals surface area contributed by atoms with E-state index in [1.807, 2.05) is 18.2 Å². The lowest BCUT2D eigenvalue weighted by atomic mass is 9.97. The number of aryl methyl sites for hydroxylation is 1. The van der Waals surface area contributed by atoms with Crippen LogP contribution in [0.3, 0.4) is 0 Å². The fourth-order valence-electron chi connectivity index (χ4n) is 3.38. The van der Waals surface area contributed by atoms with Gasteiger partial charge in [-0.1, -0.05) is 12.1 Å². The van der Waals surface area contributed by atoms with Crippen molar-refractivity contribution in [2.24, 2.45) is 5.92 Å². The summed E-state index contributed by atoms with van der Waals surface area (Å²) in [6.07, 6.45) is 1.34. The van der Waals surface area contributed by atoms with Gasteiger partial charge in [-0.3, -0.25) is 4.79 Å². The number of hydrogen-bond donors (Lipinski definition) is 2. The Bertz CT molecular complexity index is 710. The summed E-state index contributed by atoms with van der Waals surface area (Å²) in [4.78, 5) is 19.3. The van der Waals surface area contributed by atoms with Crippen molar-refractivity contribution in [3.05, 3.63) is 24.3 Å². The number of aliphatic hydroxyl groups is 1. The summed E-state index contributed by atoms with van der Waals surface area (Å²) in [6, 6.07) is 8.15. The number of nitrogens with zero attached hydrogens (tertiary/aromatic N) is 3. The van der Waals surface area contributed by atoms with Crippen molar-refractivity contribution in [2.75, 3.05) is 24.5 Å². The molecular weight excluding hydrogens is 304 g/mol. The molecule has 1 fully saturated rings. The first-order chi connectivity index (χ1) is 11.6. The van der Waals surface area contributed by atoms with Crippen LogP contribution < -0.4 is 10.2 Å². The van der Waals surface area contributed by atoms with Gasteiger partial charge in [0.2, 0.25) is 11.9 Å². The summed E-state index contributed by atoms with van der Waals surface area (Å²) in [5.74, 6) is 0.925. The Morgan fingerprint density at radius 1 is 1.46 bits per heavy atom. The molecule has 1 amide bonds. The van der Waals surface area contributed by atoms with Crippen molar-refractivity contribution < 1.29 is 9.90 Å². The van der Waals surface area contributed by atoms with E-state index >= 15 is 0 Å². The van der Waals surface area contributed by atoms with Gasteiger partial charge in [0.1, 0.15) is 0 Å². The Labute approximate surface area is 142 Å². The number of anilines is 1. The third kappa shape index (κ3) is 3.38. The van der Waals surface area contributed by atoms with E-state index in [1.54, 1.807) is 6.92 Å². The van der Waals surface area contributed by atoms with E-state index in [9.17, 15) is 9.90 Å². The van der Waals surface area contributed by atoms with E-state index in [1.165, 1.54) is 0 Å². The molecule has 1 aliphatic heterocycles. The summed E-state index contributed by atoms with van der Waals surface area (Å²) in [5, 5.41) is 12.2. The highest BCUT2D eigenvalue weighted by atomic mass is 16.3. The second kappa shape index (κ2) is 7.21. The van der Waals surface area contributed by atoms with E-state index in [0.29, 0.717) is 13.1 Å². The molecule has 0 radical (unpaired) electrons. The number of amides is 1. The van der Waals surface area contributed by atoms with Gasteiger partial charge in [-0.25, -0.2) is 4.98 Å². The Balaban J connectivity index is 1.78. The number of aromatic nitrogens is 2. The molecule has 1 aromatic heterocycles. The fraction of sp³-hybridized carbons (Fsp3) is 0.556. The number of piperidine rings is 1. The molecule has 0 unspecified atom stereocenters. The molecule has 0 bridgehead atoms. The second-order valence-corrected chi connectivity index (χ2v) is 6.52. The molecule has 1 saturated heterocycles. The van der Waals surface area contributed by atoms with Crippen molar-refractivity contribution in [1.29, 1.82) is 0 Å². The molecule has 0 spiro atoms. The van der Waals surface area contributed by atoms with Gasteiger partial charge in [-0.15, -0.1) is 0 Å². The number of imidazole rings is 1. The minimum absolute atomic E-state index is 0.0276. The molecule has 6 heteroatoms. The molecular formula is C18H26N4O2. The van der Waals surface area contributed by atoms with Crippen molar-refractivity contribution >= 4 is 22.9 Å². The van der Waals surface area contributed by atoms with Crippen LogP contribution in [-0.4, -0.2) is 46.3 Å². The topological polar surface area (TPSA) is 70.4 Å². The van der Waals surface area contributed by atoms with Crippen molar-refractivity contribution in [3.63, 3.8) is 0 Å². The van der Waals surface area contributed by atoms with Crippen LogP contribution in [-0.2, 0) is 11.3 Å². The van der Waals surface area contributed by atoms with Gasteiger partial charge >= 0.3 is 0 Å². The first kappa shape index (κ1) is 16.8. The molecule has 1 aliphatic rings. The Kier molecular flexibility index (Phi) is 5.04. The summed E-state index contributed by atoms with van der Waals surface area (Å²) in [7, 11) is 0. The van der Waals surface area contributed by atoms with Gasteiger partial charge in [0, 0.05) is 26.2 Å². The Morgan fingerprint density at radius 2 is 2.25 bits per heavy atom. The van der Waals surface area contributed by atoms with Crippen LogP contribution >= 0.6 is 0 Å².